The Labute approximate surface area is 195 Å². The first-order valence-electron chi connectivity index (χ1n) is 12.4. The van der Waals surface area contributed by atoms with Gasteiger partial charge in [0.1, 0.15) is 5.75 Å². The lowest BCUT2D eigenvalue weighted by Gasteiger charge is -2.12. The smallest absolute Gasteiger partial charge is 0.316 e. The van der Waals surface area contributed by atoms with E-state index < -0.39 is 0 Å². The van der Waals surface area contributed by atoms with Gasteiger partial charge in [-0.3, -0.25) is 0 Å². The summed E-state index contributed by atoms with van der Waals surface area (Å²) in [5.74, 6) is 1.58. The Kier molecular flexibility index (Phi) is 12.5. The van der Waals surface area contributed by atoms with Crippen molar-refractivity contribution in [2.24, 2.45) is 5.92 Å². The Bertz CT molecular complexity index is 765. The molecule has 0 bridgehead atoms. The molecule has 0 unspecified atom stereocenters. The lowest BCUT2D eigenvalue weighted by molar-refractivity contribution is 0.279. The Balaban J connectivity index is 1.69. The van der Waals surface area contributed by atoms with Crippen LogP contribution in [0.15, 0.2) is 48.3 Å². The van der Waals surface area contributed by atoms with E-state index in [0.29, 0.717) is 18.5 Å². The maximum Gasteiger partial charge on any atom is 0.316 e. The van der Waals surface area contributed by atoms with Crippen LogP contribution in [0.1, 0.15) is 85.5 Å². The van der Waals surface area contributed by atoms with Crippen molar-refractivity contribution >= 4 is 0 Å². The summed E-state index contributed by atoms with van der Waals surface area (Å²) in [7, 11) is 0. The number of rotatable bonds is 16. The number of nitrogens with zero attached hydrogens (tertiary/aromatic N) is 2. The zero-order valence-corrected chi connectivity index (χ0v) is 20.6. The van der Waals surface area contributed by atoms with Crippen molar-refractivity contribution in [2.45, 2.75) is 85.5 Å². The zero-order valence-electron chi connectivity index (χ0n) is 20.6. The minimum absolute atomic E-state index is 0.459. The van der Waals surface area contributed by atoms with Crippen LogP contribution in [0.2, 0.25) is 0 Å². The molecule has 0 aliphatic rings. The van der Waals surface area contributed by atoms with E-state index >= 15 is 0 Å². The number of ether oxygens (including phenoxy) is 2. The Morgan fingerprint density at radius 3 is 2.22 bits per heavy atom. The number of benzene rings is 1. The third kappa shape index (κ3) is 10.8. The van der Waals surface area contributed by atoms with Gasteiger partial charge in [-0.05, 0) is 63.1 Å². The average Bonchev–Trinajstić information content (AvgIpc) is 2.79. The highest BCUT2D eigenvalue weighted by molar-refractivity contribution is 5.62. The monoisotopic (exact) mass is 438 g/mol. The van der Waals surface area contributed by atoms with E-state index in [9.17, 15) is 0 Å². The van der Waals surface area contributed by atoms with Gasteiger partial charge in [-0.15, -0.1) is 0 Å². The van der Waals surface area contributed by atoms with Crippen LogP contribution in [0, 0.1) is 5.92 Å². The predicted octanol–water partition coefficient (Wildman–Crippen LogP) is 8.03. The van der Waals surface area contributed by atoms with Gasteiger partial charge < -0.3 is 9.47 Å². The van der Waals surface area contributed by atoms with Gasteiger partial charge >= 0.3 is 6.01 Å². The molecule has 2 aromatic rings. The van der Waals surface area contributed by atoms with Gasteiger partial charge in [0.25, 0.3) is 0 Å². The molecule has 0 amide bonds. The normalized spacial score (nSPS) is 11.8. The first-order valence-corrected chi connectivity index (χ1v) is 12.4. The van der Waals surface area contributed by atoms with Crippen LogP contribution in [0.5, 0.6) is 11.8 Å². The third-order valence-corrected chi connectivity index (χ3v) is 5.64. The molecular weight excluding hydrogens is 396 g/mol. The van der Waals surface area contributed by atoms with Gasteiger partial charge in [0.2, 0.25) is 0 Å². The standard InChI is InChI=1S/C28H42N2O2/c1-5-6-7-8-9-10-19-32-28-29-21-26(22-30-28)25-14-16-27(17-15-25)31-20-18-24(4)13-11-12-23(2)3/h12,14-17,21-22,24H,5-11,13,18-20H2,1-4H3/t24-/m0/s1. The van der Waals surface area contributed by atoms with Crippen molar-refractivity contribution in [3.8, 4) is 22.9 Å². The fourth-order valence-electron chi connectivity index (χ4n) is 3.51. The van der Waals surface area contributed by atoms with E-state index in [1.165, 1.54) is 44.1 Å². The van der Waals surface area contributed by atoms with Crippen molar-refractivity contribution in [3.05, 3.63) is 48.3 Å². The van der Waals surface area contributed by atoms with E-state index in [4.69, 9.17) is 9.47 Å². The topological polar surface area (TPSA) is 44.2 Å². The molecule has 1 aromatic heterocycles. The molecule has 0 aliphatic heterocycles. The fraction of sp³-hybridized carbons (Fsp3) is 0.571. The molecule has 1 aromatic carbocycles. The average molecular weight is 439 g/mol. The third-order valence-electron chi connectivity index (χ3n) is 5.64. The van der Waals surface area contributed by atoms with Crippen LogP contribution < -0.4 is 9.47 Å². The molecule has 4 nitrogen and oxygen atoms in total. The Morgan fingerprint density at radius 2 is 1.53 bits per heavy atom. The van der Waals surface area contributed by atoms with Gasteiger partial charge in [0, 0.05) is 18.0 Å². The number of hydrogen-bond donors (Lipinski definition) is 0. The molecule has 1 atom stereocenters. The SMILES string of the molecule is CCCCCCCCOc1ncc(-c2ccc(OCC[C@@H](C)CCC=C(C)C)cc2)cn1. The molecule has 4 heteroatoms. The lowest BCUT2D eigenvalue weighted by atomic mass is 10.0. The van der Waals surface area contributed by atoms with Crippen molar-refractivity contribution < 1.29 is 9.47 Å². The van der Waals surface area contributed by atoms with Gasteiger partial charge in [-0.25, -0.2) is 9.97 Å². The molecule has 0 fully saturated rings. The zero-order chi connectivity index (χ0) is 23.0. The predicted molar refractivity (Wildman–Crippen MR) is 134 cm³/mol. The summed E-state index contributed by atoms with van der Waals surface area (Å²) in [6.45, 7) is 10.3. The van der Waals surface area contributed by atoms with E-state index in [2.05, 4.69) is 55.9 Å². The minimum Gasteiger partial charge on any atom is -0.494 e. The molecule has 2 rings (SSSR count). The molecular formula is C28H42N2O2. The molecule has 1 heterocycles. The van der Waals surface area contributed by atoms with E-state index in [1.807, 2.05) is 24.5 Å². The van der Waals surface area contributed by atoms with Crippen molar-refractivity contribution in [1.29, 1.82) is 0 Å². The summed E-state index contributed by atoms with van der Waals surface area (Å²) < 4.78 is 11.6. The highest BCUT2D eigenvalue weighted by Crippen LogP contribution is 2.22. The van der Waals surface area contributed by atoms with Gasteiger partial charge in [-0.1, -0.05) is 69.7 Å². The van der Waals surface area contributed by atoms with Crippen molar-refractivity contribution in [2.75, 3.05) is 13.2 Å². The fourth-order valence-corrected chi connectivity index (χ4v) is 3.51. The molecule has 0 spiro atoms. The second-order valence-electron chi connectivity index (χ2n) is 9.00. The molecule has 32 heavy (non-hydrogen) atoms. The Morgan fingerprint density at radius 1 is 0.844 bits per heavy atom. The highest BCUT2D eigenvalue weighted by Gasteiger charge is 2.04. The first-order chi connectivity index (χ1) is 15.6. The van der Waals surface area contributed by atoms with E-state index in [-0.39, 0.29) is 0 Å². The number of hydrogen-bond acceptors (Lipinski definition) is 4. The summed E-state index contributed by atoms with van der Waals surface area (Å²) in [4.78, 5) is 8.72. The van der Waals surface area contributed by atoms with E-state index in [0.717, 1.165) is 42.7 Å². The van der Waals surface area contributed by atoms with E-state index in [1.54, 1.807) is 0 Å². The first kappa shape index (κ1) is 25.9. The lowest BCUT2D eigenvalue weighted by Crippen LogP contribution is -2.04. The van der Waals surface area contributed by atoms with Crippen LogP contribution >= 0.6 is 0 Å². The molecule has 0 aliphatic carbocycles. The van der Waals surface area contributed by atoms with Gasteiger partial charge in [0.15, 0.2) is 0 Å². The van der Waals surface area contributed by atoms with Crippen LogP contribution in [0.4, 0.5) is 0 Å². The summed E-state index contributed by atoms with van der Waals surface area (Å²) in [5, 5.41) is 0. The number of allylic oxidation sites excluding steroid dienone is 2. The summed E-state index contributed by atoms with van der Waals surface area (Å²) in [5.41, 5.74) is 3.46. The maximum atomic E-state index is 5.93. The van der Waals surface area contributed by atoms with Crippen LogP contribution in [-0.2, 0) is 0 Å². The second-order valence-corrected chi connectivity index (χ2v) is 9.00. The van der Waals surface area contributed by atoms with Gasteiger partial charge in [-0.2, -0.15) is 0 Å². The summed E-state index contributed by atoms with van der Waals surface area (Å²) in [6.07, 6.45) is 16.9. The van der Waals surface area contributed by atoms with Crippen LogP contribution in [-0.4, -0.2) is 23.2 Å². The largest absolute Gasteiger partial charge is 0.494 e. The molecule has 0 saturated heterocycles. The summed E-state index contributed by atoms with van der Waals surface area (Å²) >= 11 is 0. The number of unbranched alkanes of at least 4 members (excludes halogenated alkanes) is 5. The van der Waals surface area contributed by atoms with Crippen LogP contribution in [0.3, 0.4) is 0 Å². The highest BCUT2D eigenvalue weighted by atomic mass is 16.5. The minimum atomic E-state index is 0.459. The quantitative estimate of drug-likeness (QED) is 0.196. The van der Waals surface area contributed by atoms with Crippen molar-refractivity contribution in [3.63, 3.8) is 0 Å². The Hall–Kier alpha value is -2.36. The van der Waals surface area contributed by atoms with Gasteiger partial charge in [0.05, 0.1) is 13.2 Å². The molecule has 0 N–H and O–H groups in total. The second kappa shape index (κ2) is 15.4. The maximum absolute atomic E-state index is 5.93. The molecule has 0 saturated carbocycles. The van der Waals surface area contributed by atoms with Crippen molar-refractivity contribution in [1.82, 2.24) is 9.97 Å². The van der Waals surface area contributed by atoms with Crippen LogP contribution in [0.25, 0.3) is 11.1 Å². The number of aromatic nitrogens is 2. The summed E-state index contributed by atoms with van der Waals surface area (Å²) in [6, 6.07) is 8.62. The molecule has 0 radical (unpaired) electrons. The molecule has 176 valence electrons.